The number of hydrogen-bond donors (Lipinski definition) is 3. The fourth-order valence-corrected chi connectivity index (χ4v) is 2.76. The largest absolute Gasteiger partial charge is 0.353 e. The predicted octanol–water partition coefficient (Wildman–Crippen LogP) is 0.581. The Labute approximate surface area is 120 Å². The Kier molecular flexibility index (Phi) is 5.62. The predicted molar refractivity (Wildman–Crippen MR) is 76.2 cm³/mol. The molecule has 2 amide bonds. The minimum Gasteiger partial charge on any atom is -0.353 e. The van der Waals surface area contributed by atoms with Crippen LogP contribution < -0.4 is 16.0 Å². The van der Waals surface area contributed by atoms with Gasteiger partial charge in [0.15, 0.2) is 0 Å². The van der Waals surface area contributed by atoms with Gasteiger partial charge >= 0.3 is 0 Å². The highest BCUT2D eigenvalue weighted by molar-refractivity contribution is 5.90. The van der Waals surface area contributed by atoms with Gasteiger partial charge in [-0.25, -0.2) is 0 Å². The molecule has 2 rings (SSSR count). The SMILES string of the molecule is CC1(C)CCCNC1CNC(=O)[C@@H]1CCC(=O)N1.Cl. The minimum absolute atomic E-state index is 0. The third kappa shape index (κ3) is 4.08. The molecule has 2 heterocycles. The van der Waals surface area contributed by atoms with Crippen LogP contribution in [0.3, 0.4) is 0 Å². The first-order valence-corrected chi connectivity index (χ1v) is 6.79. The number of nitrogens with one attached hydrogen (secondary N) is 3. The van der Waals surface area contributed by atoms with E-state index in [1.807, 2.05) is 0 Å². The molecule has 0 aromatic carbocycles. The molecule has 2 aliphatic heterocycles. The number of amides is 2. The lowest BCUT2D eigenvalue weighted by atomic mass is 9.77. The lowest BCUT2D eigenvalue weighted by Gasteiger charge is -2.39. The maximum Gasteiger partial charge on any atom is 0.242 e. The molecule has 2 aliphatic rings. The monoisotopic (exact) mass is 289 g/mol. The van der Waals surface area contributed by atoms with Crippen molar-refractivity contribution >= 4 is 24.2 Å². The second-order valence-corrected chi connectivity index (χ2v) is 6.00. The van der Waals surface area contributed by atoms with Crippen LogP contribution in [0.15, 0.2) is 0 Å². The maximum absolute atomic E-state index is 11.9. The smallest absolute Gasteiger partial charge is 0.242 e. The summed E-state index contributed by atoms with van der Waals surface area (Å²) in [4.78, 5) is 23.0. The summed E-state index contributed by atoms with van der Waals surface area (Å²) in [5.74, 6) is -0.0738. The fraction of sp³-hybridized carbons (Fsp3) is 0.846. The van der Waals surface area contributed by atoms with Gasteiger partial charge < -0.3 is 16.0 Å². The molecule has 3 N–H and O–H groups in total. The summed E-state index contributed by atoms with van der Waals surface area (Å²) < 4.78 is 0. The van der Waals surface area contributed by atoms with Gasteiger partial charge in [0.1, 0.15) is 6.04 Å². The standard InChI is InChI=1S/C13H23N3O2.ClH/c1-13(2)6-3-7-14-10(13)8-15-12(18)9-4-5-11(17)16-9;/h9-10,14H,3-8H2,1-2H3,(H,15,18)(H,16,17);1H/t9-,10?;/m0./s1. The van der Waals surface area contributed by atoms with E-state index in [1.54, 1.807) is 0 Å². The lowest BCUT2D eigenvalue weighted by molar-refractivity contribution is -0.125. The quantitative estimate of drug-likeness (QED) is 0.712. The van der Waals surface area contributed by atoms with Crippen LogP contribution >= 0.6 is 12.4 Å². The Bertz CT molecular complexity index is 347. The van der Waals surface area contributed by atoms with Crippen LogP contribution in [0.2, 0.25) is 0 Å². The topological polar surface area (TPSA) is 70.2 Å². The van der Waals surface area contributed by atoms with Gasteiger partial charge in [0.05, 0.1) is 0 Å². The minimum atomic E-state index is -0.329. The van der Waals surface area contributed by atoms with Gasteiger partial charge in [-0.2, -0.15) is 0 Å². The molecular weight excluding hydrogens is 266 g/mol. The summed E-state index contributed by atoms with van der Waals surface area (Å²) in [6, 6.07) is -0.0171. The lowest BCUT2D eigenvalue weighted by Crippen LogP contribution is -2.54. The summed E-state index contributed by atoms with van der Waals surface area (Å²) in [6.45, 7) is 6.11. The van der Waals surface area contributed by atoms with Crippen molar-refractivity contribution in [2.45, 2.75) is 51.6 Å². The van der Waals surface area contributed by atoms with Crippen molar-refractivity contribution < 1.29 is 9.59 Å². The van der Waals surface area contributed by atoms with Gasteiger partial charge in [-0.05, 0) is 31.2 Å². The molecule has 0 aromatic rings. The molecule has 5 nitrogen and oxygen atoms in total. The first-order chi connectivity index (χ1) is 8.49. The van der Waals surface area contributed by atoms with Crippen molar-refractivity contribution in [1.82, 2.24) is 16.0 Å². The van der Waals surface area contributed by atoms with Crippen LogP contribution in [0.4, 0.5) is 0 Å². The summed E-state index contributed by atoms with van der Waals surface area (Å²) in [7, 11) is 0. The van der Waals surface area contributed by atoms with E-state index in [4.69, 9.17) is 0 Å². The first kappa shape index (κ1) is 16.2. The second kappa shape index (κ2) is 6.57. The van der Waals surface area contributed by atoms with Crippen molar-refractivity contribution in [3.8, 4) is 0 Å². The van der Waals surface area contributed by atoms with Gasteiger partial charge in [0, 0.05) is 19.0 Å². The number of hydrogen-bond acceptors (Lipinski definition) is 3. The second-order valence-electron chi connectivity index (χ2n) is 6.00. The highest BCUT2D eigenvalue weighted by Crippen LogP contribution is 2.29. The van der Waals surface area contributed by atoms with E-state index < -0.39 is 0 Å². The third-order valence-corrected chi connectivity index (χ3v) is 4.12. The van der Waals surface area contributed by atoms with Crippen LogP contribution in [-0.2, 0) is 9.59 Å². The van der Waals surface area contributed by atoms with Crippen LogP contribution in [0.1, 0.15) is 39.5 Å². The molecule has 2 saturated heterocycles. The Morgan fingerprint density at radius 1 is 1.47 bits per heavy atom. The van der Waals surface area contributed by atoms with E-state index in [1.165, 1.54) is 12.8 Å². The van der Waals surface area contributed by atoms with Crippen molar-refractivity contribution in [3.63, 3.8) is 0 Å². The molecule has 0 spiro atoms. The Balaban J connectivity index is 0.00000180. The van der Waals surface area contributed by atoms with Crippen molar-refractivity contribution in [3.05, 3.63) is 0 Å². The molecule has 0 saturated carbocycles. The number of rotatable bonds is 3. The molecule has 0 aliphatic carbocycles. The average Bonchev–Trinajstić information content (AvgIpc) is 2.73. The van der Waals surface area contributed by atoms with E-state index >= 15 is 0 Å². The molecule has 1 unspecified atom stereocenters. The van der Waals surface area contributed by atoms with Crippen LogP contribution in [0.25, 0.3) is 0 Å². The van der Waals surface area contributed by atoms with Gasteiger partial charge in [-0.3, -0.25) is 9.59 Å². The Morgan fingerprint density at radius 3 is 2.79 bits per heavy atom. The van der Waals surface area contributed by atoms with Crippen molar-refractivity contribution in [1.29, 1.82) is 0 Å². The van der Waals surface area contributed by atoms with Crippen molar-refractivity contribution in [2.75, 3.05) is 13.1 Å². The Hall–Kier alpha value is -0.810. The molecule has 0 bridgehead atoms. The van der Waals surface area contributed by atoms with E-state index in [0.29, 0.717) is 25.4 Å². The number of piperidine rings is 1. The molecule has 110 valence electrons. The zero-order chi connectivity index (χ0) is 13.2. The number of carbonyl (C=O) groups excluding carboxylic acids is 2. The normalized spacial score (nSPS) is 29.3. The van der Waals surface area contributed by atoms with Gasteiger partial charge in [0.2, 0.25) is 11.8 Å². The van der Waals surface area contributed by atoms with Crippen molar-refractivity contribution in [2.24, 2.45) is 5.41 Å². The van der Waals surface area contributed by atoms with E-state index in [-0.39, 0.29) is 35.7 Å². The summed E-state index contributed by atoms with van der Waals surface area (Å²) in [5.41, 5.74) is 0.213. The maximum atomic E-state index is 11.9. The fourth-order valence-electron chi connectivity index (χ4n) is 2.76. The average molecular weight is 290 g/mol. The zero-order valence-electron chi connectivity index (χ0n) is 11.6. The Morgan fingerprint density at radius 2 is 2.21 bits per heavy atom. The van der Waals surface area contributed by atoms with Gasteiger partial charge in [-0.1, -0.05) is 13.8 Å². The highest BCUT2D eigenvalue weighted by atomic mass is 35.5. The third-order valence-electron chi connectivity index (χ3n) is 4.12. The van der Waals surface area contributed by atoms with Crippen LogP contribution in [-0.4, -0.2) is 37.0 Å². The summed E-state index contributed by atoms with van der Waals surface area (Å²) in [5, 5.41) is 9.11. The van der Waals surface area contributed by atoms with Crippen LogP contribution in [0, 0.1) is 5.41 Å². The first-order valence-electron chi connectivity index (χ1n) is 6.79. The zero-order valence-corrected chi connectivity index (χ0v) is 12.4. The highest BCUT2D eigenvalue weighted by Gasteiger charge is 2.33. The number of halogens is 1. The molecule has 19 heavy (non-hydrogen) atoms. The van der Waals surface area contributed by atoms with E-state index in [9.17, 15) is 9.59 Å². The number of carbonyl (C=O) groups is 2. The molecule has 6 heteroatoms. The van der Waals surface area contributed by atoms with E-state index in [0.717, 1.165) is 6.54 Å². The van der Waals surface area contributed by atoms with Gasteiger partial charge in [0.25, 0.3) is 0 Å². The summed E-state index contributed by atoms with van der Waals surface area (Å²) in [6.07, 6.45) is 3.45. The molecule has 0 aromatic heterocycles. The van der Waals surface area contributed by atoms with Gasteiger partial charge in [-0.15, -0.1) is 12.4 Å². The van der Waals surface area contributed by atoms with E-state index in [2.05, 4.69) is 29.8 Å². The van der Waals surface area contributed by atoms with Crippen LogP contribution in [0.5, 0.6) is 0 Å². The molecule has 0 radical (unpaired) electrons. The molecule has 2 fully saturated rings. The molecular formula is C13H24ClN3O2. The summed E-state index contributed by atoms with van der Waals surface area (Å²) >= 11 is 0. The molecule has 2 atom stereocenters.